The van der Waals surface area contributed by atoms with E-state index < -0.39 is 10.8 Å². The minimum absolute atomic E-state index is 0.00548. The minimum Gasteiger partial charge on any atom is -0.497 e. The molecule has 2 atom stereocenters. The van der Waals surface area contributed by atoms with Gasteiger partial charge in [-0.2, -0.15) is 5.26 Å². The molecule has 0 radical (unpaired) electrons. The molecule has 138 valence electrons. The fourth-order valence-electron chi connectivity index (χ4n) is 2.11. The Kier molecular flexibility index (Phi) is 6.27. The quantitative estimate of drug-likeness (QED) is 0.750. The van der Waals surface area contributed by atoms with Gasteiger partial charge in [0.1, 0.15) is 17.6 Å². The predicted octanol–water partition coefficient (Wildman–Crippen LogP) is 2.81. The van der Waals surface area contributed by atoms with E-state index in [-0.39, 0.29) is 11.8 Å². The van der Waals surface area contributed by atoms with E-state index in [2.05, 4.69) is 21.6 Å². The molecule has 2 aromatic rings. The number of hydrogen-bond donors (Lipinski definition) is 1. The number of methoxy groups -OCH3 is 1. The first-order chi connectivity index (χ1) is 12.3. The van der Waals surface area contributed by atoms with Crippen molar-refractivity contribution in [2.24, 2.45) is 5.92 Å². The van der Waals surface area contributed by atoms with E-state index in [9.17, 15) is 10.1 Å². The van der Waals surface area contributed by atoms with Crippen molar-refractivity contribution in [3.05, 3.63) is 30.6 Å². The van der Waals surface area contributed by atoms with Gasteiger partial charge < -0.3 is 10.1 Å². The van der Waals surface area contributed by atoms with Crippen molar-refractivity contribution >= 4 is 17.7 Å². The van der Waals surface area contributed by atoms with Crippen LogP contribution in [0.25, 0.3) is 5.69 Å². The normalized spacial score (nSPS) is 14.3. The number of benzene rings is 1. The van der Waals surface area contributed by atoms with Crippen LogP contribution in [-0.2, 0) is 4.79 Å². The van der Waals surface area contributed by atoms with Crippen molar-refractivity contribution in [2.75, 3.05) is 7.11 Å². The van der Waals surface area contributed by atoms with Gasteiger partial charge in [-0.15, -0.1) is 10.2 Å². The lowest BCUT2D eigenvalue weighted by atomic mass is 9.90. The summed E-state index contributed by atoms with van der Waals surface area (Å²) in [4.78, 5) is 12.5. The van der Waals surface area contributed by atoms with Crippen LogP contribution in [0, 0.1) is 17.2 Å². The van der Waals surface area contributed by atoms with Crippen LogP contribution in [-0.4, -0.2) is 38.6 Å². The third-order valence-electron chi connectivity index (χ3n) is 4.27. The maximum atomic E-state index is 12.5. The van der Waals surface area contributed by atoms with Crippen molar-refractivity contribution in [1.82, 2.24) is 20.1 Å². The number of carbonyl (C=O) groups excluding carboxylic acids is 1. The highest BCUT2D eigenvalue weighted by Crippen LogP contribution is 2.26. The molecular formula is C18H23N5O2S. The van der Waals surface area contributed by atoms with Crippen molar-refractivity contribution in [2.45, 2.75) is 43.6 Å². The number of ether oxygens (including phenoxy) is 1. The van der Waals surface area contributed by atoms with E-state index in [1.165, 1.54) is 11.8 Å². The standard InChI is InChI=1S/C18H23N5O2S/c1-12(2)18(4,10-19)21-16(24)13(3)26-17-22-20-11-23(17)14-7-6-8-15(9-14)25-5/h6-9,11-13H,1-5H3,(H,21,24)/t13-,18-/m0/s1. The summed E-state index contributed by atoms with van der Waals surface area (Å²) in [6, 6.07) is 9.69. The highest BCUT2D eigenvalue weighted by molar-refractivity contribution is 8.00. The number of nitrogens with zero attached hydrogens (tertiary/aromatic N) is 4. The number of carbonyl (C=O) groups is 1. The fraction of sp³-hybridized carbons (Fsp3) is 0.444. The molecule has 0 aliphatic carbocycles. The van der Waals surface area contributed by atoms with E-state index in [1.807, 2.05) is 38.1 Å². The lowest BCUT2D eigenvalue weighted by Crippen LogP contribution is -2.51. The van der Waals surface area contributed by atoms with Gasteiger partial charge in [-0.1, -0.05) is 31.7 Å². The highest BCUT2D eigenvalue weighted by atomic mass is 32.2. The first-order valence-electron chi connectivity index (χ1n) is 8.25. The number of nitriles is 1. The molecule has 7 nitrogen and oxygen atoms in total. The molecular weight excluding hydrogens is 350 g/mol. The van der Waals surface area contributed by atoms with Gasteiger partial charge in [-0.3, -0.25) is 9.36 Å². The van der Waals surface area contributed by atoms with Crippen LogP contribution in [0.4, 0.5) is 0 Å². The summed E-state index contributed by atoms with van der Waals surface area (Å²) >= 11 is 1.28. The average Bonchev–Trinajstić information content (AvgIpc) is 3.09. The molecule has 1 heterocycles. The van der Waals surface area contributed by atoms with Gasteiger partial charge in [-0.05, 0) is 31.9 Å². The van der Waals surface area contributed by atoms with Gasteiger partial charge in [0.2, 0.25) is 5.91 Å². The number of aromatic nitrogens is 3. The van der Waals surface area contributed by atoms with Crippen LogP contribution < -0.4 is 10.1 Å². The average molecular weight is 373 g/mol. The molecule has 1 aromatic heterocycles. The first-order valence-corrected chi connectivity index (χ1v) is 9.13. The van der Waals surface area contributed by atoms with Crippen LogP contribution in [0.3, 0.4) is 0 Å². The lowest BCUT2D eigenvalue weighted by molar-refractivity contribution is -0.121. The molecule has 0 saturated heterocycles. The summed E-state index contributed by atoms with van der Waals surface area (Å²) < 4.78 is 7.04. The number of thioether (sulfide) groups is 1. The van der Waals surface area contributed by atoms with Gasteiger partial charge in [0.25, 0.3) is 0 Å². The Morgan fingerprint density at radius 2 is 2.15 bits per heavy atom. The number of rotatable bonds is 7. The molecule has 1 amide bonds. The lowest BCUT2D eigenvalue weighted by Gasteiger charge is -2.28. The third kappa shape index (κ3) is 4.35. The van der Waals surface area contributed by atoms with E-state index in [1.54, 1.807) is 31.9 Å². The molecule has 0 aliphatic heterocycles. The second-order valence-electron chi connectivity index (χ2n) is 6.40. The van der Waals surface area contributed by atoms with Crippen LogP contribution >= 0.6 is 11.8 Å². The van der Waals surface area contributed by atoms with Crippen molar-refractivity contribution in [3.63, 3.8) is 0 Å². The Labute approximate surface area is 157 Å². The maximum Gasteiger partial charge on any atom is 0.234 e. The summed E-state index contributed by atoms with van der Waals surface area (Å²) in [5, 5.41) is 20.4. The summed E-state index contributed by atoms with van der Waals surface area (Å²) in [7, 11) is 1.61. The molecule has 8 heteroatoms. The summed E-state index contributed by atoms with van der Waals surface area (Å²) in [5.41, 5.74) is -0.0691. The summed E-state index contributed by atoms with van der Waals surface area (Å²) in [6.07, 6.45) is 1.59. The minimum atomic E-state index is -0.910. The molecule has 0 aliphatic rings. The first kappa shape index (κ1) is 19.8. The Morgan fingerprint density at radius 1 is 1.42 bits per heavy atom. The Bertz CT molecular complexity index is 814. The molecule has 0 unspecified atom stereocenters. The van der Waals surface area contributed by atoms with Crippen LogP contribution in [0.15, 0.2) is 35.7 Å². The number of amides is 1. The molecule has 1 N–H and O–H groups in total. The fourth-order valence-corrected chi connectivity index (χ4v) is 2.96. The van der Waals surface area contributed by atoms with Crippen LogP contribution in [0.2, 0.25) is 0 Å². The van der Waals surface area contributed by atoms with Gasteiger partial charge in [0.15, 0.2) is 5.16 Å². The van der Waals surface area contributed by atoms with Gasteiger partial charge in [0.05, 0.1) is 24.1 Å². The maximum absolute atomic E-state index is 12.5. The molecule has 0 saturated carbocycles. The molecule has 26 heavy (non-hydrogen) atoms. The van der Waals surface area contributed by atoms with Crippen LogP contribution in [0.1, 0.15) is 27.7 Å². The van der Waals surface area contributed by atoms with Gasteiger partial charge in [0, 0.05) is 6.07 Å². The van der Waals surface area contributed by atoms with Crippen molar-refractivity contribution in [1.29, 1.82) is 5.26 Å². The Hall–Kier alpha value is -2.53. The van der Waals surface area contributed by atoms with E-state index in [0.717, 1.165) is 11.4 Å². The Morgan fingerprint density at radius 3 is 2.77 bits per heavy atom. The zero-order chi connectivity index (χ0) is 19.3. The van der Waals surface area contributed by atoms with Crippen molar-refractivity contribution < 1.29 is 9.53 Å². The van der Waals surface area contributed by atoms with Gasteiger partial charge in [-0.25, -0.2) is 0 Å². The largest absolute Gasteiger partial charge is 0.497 e. The van der Waals surface area contributed by atoms with Gasteiger partial charge >= 0.3 is 0 Å². The molecule has 1 aromatic carbocycles. The van der Waals surface area contributed by atoms with Crippen LogP contribution in [0.5, 0.6) is 5.75 Å². The topological polar surface area (TPSA) is 92.8 Å². The monoisotopic (exact) mass is 373 g/mol. The number of nitrogens with one attached hydrogen (secondary N) is 1. The zero-order valence-electron chi connectivity index (χ0n) is 15.6. The van der Waals surface area contributed by atoms with Crippen molar-refractivity contribution in [3.8, 4) is 17.5 Å². The SMILES string of the molecule is COc1cccc(-n2cnnc2S[C@@H](C)C(=O)N[C@@](C)(C#N)C(C)C)c1. The number of hydrogen-bond acceptors (Lipinski definition) is 6. The molecule has 0 bridgehead atoms. The summed E-state index contributed by atoms with van der Waals surface area (Å²) in [5.74, 6) is 0.502. The second-order valence-corrected chi connectivity index (χ2v) is 7.71. The zero-order valence-corrected chi connectivity index (χ0v) is 16.4. The van der Waals surface area contributed by atoms with E-state index in [4.69, 9.17) is 4.74 Å². The second kappa shape index (κ2) is 8.23. The highest BCUT2D eigenvalue weighted by Gasteiger charge is 2.32. The third-order valence-corrected chi connectivity index (χ3v) is 5.33. The predicted molar refractivity (Wildman–Crippen MR) is 100 cm³/mol. The van der Waals surface area contributed by atoms with E-state index >= 15 is 0 Å². The molecule has 0 fully saturated rings. The summed E-state index contributed by atoms with van der Waals surface area (Å²) in [6.45, 7) is 7.32. The Balaban J connectivity index is 2.16. The molecule has 2 rings (SSSR count). The smallest absolute Gasteiger partial charge is 0.234 e. The molecule has 0 spiro atoms. The van der Waals surface area contributed by atoms with E-state index in [0.29, 0.717) is 5.16 Å².